The van der Waals surface area contributed by atoms with Crippen molar-refractivity contribution in [3.05, 3.63) is 59.4 Å². The highest BCUT2D eigenvalue weighted by Crippen LogP contribution is 2.20. The van der Waals surface area contributed by atoms with Gasteiger partial charge in [-0.05, 0) is 30.3 Å². The third-order valence-corrected chi connectivity index (χ3v) is 4.67. The third kappa shape index (κ3) is 5.36. The van der Waals surface area contributed by atoms with Crippen molar-refractivity contribution in [3.63, 3.8) is 0 Å². The van der Waals surface area contributed by atoms with Crippen LogP contribution in [0.4, 0.5) is 10.1 Å². The molecule has 0 radical (unpaired) electrons. The molecule has 6 nitrogen and oxygen atoms in total. The first kappa shape index (κ1) is 19.9. The Hall–Kier alpha value is -2.80. The molecule has 2 aromatic carbocycles. The predicted octanol–water partition coefficient (Wildman–Crippen LogP) is 2.32. The van der Waals surface area contributed by atoms with Crippen molar-refractivity contribution in [2.45, 2.75) is 0 Å². The summed E-state index contributed by atoms with van der Waals surface area (Å²) in [5.74, 6) is -1.18. The average Bonchev–Trinajstić information content (AvgIpc) is 2.71. The maximum atomic E-state index is 13.4. The molecular weight excluding hydrogens is 385 g/mol. The monoisotopic (exact) mass is 405 g/mol. The number of para-hydroxylation sites is 1. The molecule has 2 amide bonds. The molecule has 0 unspecified atom stereocenters. The standard InChI is InChI=1S/C20H21ClFN3O3/c21-15-4-3-5-16(12-15)24-8-10-25(11-9-24)20(27)13-23-19(26)14-28-18-7-2-1-6-17(18)22/h1-7,12H,8-11,13-14H2,(H,23,26). The molecule has 1 aliphatic rings. The summed E-state index contributed by atoms with van der Waals surface area (Å²) < 4.78 is 18.6. The van der Waals surface area contributed by atoms with Crippen molar-refractivity contribution in [1.82, 2.24) is 10.2 Å². The van der Waals surface area contributed by atoms with E-state index in [1.807, 2.05) is 24.3 Å². The number of anilines is 1. The summed E-state index contributed by atoms with van der Waals surface area (Å²) in [4.78, 5) is 28.0. The summed E-state index contributed by atoms with van der Waals surface area (Å²) in [6.07, 6.45) is 0. The number of nitrogens with zero attached hydrogens (tertiary/aromatic N) is 2. The van der Waals surface area contributed by atoms with Gasteiger partial charge in [0.05, 0.1) is 6.54 Å². The van der Waals surface area contributed by atoms with E-state index in [4.69, 9.17) is 16.3 Å². The number of piperazine rings is 1. The molecule has 8 heteroatoms. The van der Waals surface area contributed by atoms with Crippen LogP contribution in [0.1, 0.15) is 0 Å². The van der Waals surface area contributed by atoms with E-state index < -0.39 is 11.7 Å². The maximum absolute atomic E-state index is 13.4. The van der Waals surface area contributed by atoms with Gasteiger partial charge in [0, 0.05) is 36.9 Å². The van der Waals surface area contributed by atoms with Gasteiger partial charge >= 0.3 is 0 Å². The molecule has 1 fully saturated rings. The van der Waals surface area contributed by atoms with Gasteiger partial charge in [-0.2, -0.15) is 0 Å². The van der Waals surface area contributed by atoms with Crippen LogP contribution in [0.25, 0.3) is 0 Å². The van der Waals surface area contributed by atoms with Gasteiger partial charge in [-0.1, -0.05) is 29.8 Å². The van der Waals surface area contributed by atoms with Gasteiger partial charge in [0.2, 0.25) is 5.91 Å². The average molecular weight is 406 g/mol. The number of rotatable bonds is 6. The Morgan fingerprint density at radius 1 is 1.07 bits per heavy atom. The summed E-state index contributed by atoms with van der Waals surface area (Å²) in [5, 5.41) is 3.19. The quantitative estimate of drug-likeness (QED) is 0.801. The highest BCUT2D eigenvalue weighted by atomic mass is 35.5. The first-order chi connectivity index (χ1) is 13.5. The van der Waals surface area contributed by atoms with Crippen LogP contribution in [0.15, 0.2) is 48.5 Å². The molecule has 0 bridgehead atoms. The molecule has 3 rings (SSSR count). The molecule has 0 saturated carbocycles. The molecule has 0 spiro atoms. The van der Waals surface area contributed by atoms with Gasteiger partial charge in [-0.15, -0.1) is 0 Å². The highest BCUT2D eigenvalue weighted by molar-refractivity contribution is 6.30. The van der Waals surface area contributed by atoms with Crippen LogP contribution in [0.5, 0.6) is 5.75 Å². The molecule has 1 N–H and O–H groups in total. The maximum Gasteiger partial charge on any atom is 0.258 e. The third-order valence-electron chi connectivity index (χ3n) is 4.44. The molecule has 0 atom stereocenters. The van der Waals surface area contributed by atoms with E-state index in [2.05, 4.69) is 10.2 Å². The lowest BCUT2D eigenvalue weighted by atomic mass is 10.2. The number of carbonyl (C=O) groups is 2. The molecule has 1 saturated heterocycles. The van der Waals surface area contributed by atoms with E-state index in [0.717, 1.165) is 5.69 Å². The first-order valence-corrected chi connectivity index (χ1v) is 9.33. The van der Waals surface area contributed by atoms with Crippen LogP contribution in [0, 0.1) is 5.82 Å². The minimum Gasteiger partial charge on any atom is -0.481 e. The highest BCUT2D eigenvalue weighted by Gasteiger charge is 2.21. The van der Waals surface area contributed by atoms with E-state index in [1.54, 1.807) is 11.0 Å². The summed E-state index contributed by atoms with van der Waals surface area (Å²) in [6, 6.07) is 13.4. The zero-order chi connectivity index (χ0) is 19.9. The Labute approximate surface area is 167 Å². The van der Waals surface area contributed by atoms with Crippen LogP contribution in [0.2, 0.25) is 5.02 Å². The fourth-order valence-corrected chi connectivity index (χ4v) is 3.11. The smallest absolute Gasteiger partial charge is 0.258 e. The van der Waals surface area contributed by atoms with Crippen molar-refractivity contribution >= 4 is 29.1 Å². The fourth-order valence-electron chi connectivity index (χ4n) is 2.93. The van der Waals surface area contributed by atoms with Crippen molar-refractivity contribution in [2.24, 2.45) is 0 Å². The minimum absolute atomic E-state index is 0.00103. The zero-order valence-electron chi connectivity index (χ0n) is 15.2. The fraction of sp³-hybridized carbons (Fsp3) is 0.300. The minimum atomic E-state index is -0.538. The SMILES string of the molecule is O=C(COc1ccccc1F)NCC(=O)N1CCN(c2cccc(Cl)c2)CC1. The predicted molar refractivity (Wildman–Crippen MR) is 105 cm³/mol. The molecule has 148 valence electrons. The van der Waals surface area contributed by atoms with E-state index in [1.165, 1.54) is 18.2 Å². The van der Waals surface area contributed by atoms with E-state index >= 15 is 0 Å². The second-order valence-electron chi connectivity index (χ2n) is 6.34. The van der Waals surface area contributed by atoms with E-state index in [9.17, 15) is 14.0 Å². The van der Waals surface area contributed by atoms with Crippen molar-refractivity contribution < 1.29 is 18.7 Å². The number of carbonyl (C=O) groups excluding carboxylic acids is 2. The molecule has 0 aliphatic carbocycles. The Balaban J connectivity index is 1.39. The Kier molecular flexibility index (Phi) is 6.71. The Morgan fingerprint density at radius 2 is 1.82 bits per heavy atom. The van der Waals surface area contributed by atoms with Crippen LogP contribution in [-0.2, 0) is 9.59 Å². The molecular formula is C20H21ClFN3O3. The van der Waals surface area contributed by atoms with Gasteiger partial charge in [-0.3, -0.25) is 9.59 Å². The lowest BCUT2D eigenvalue weighted by Crippen LogP contribution is -2.51. The molecule has 0 aromatic heterocycles. The largest absolute Gasteiger partial charge is 0.481 e. The van der Waals surface area contributed by atoms with Crippen molar-refractivity contribution in [2.75, 3.05) is 44.2 Å². The van der Waals surface area contributed by atoms with Gasteiger partial charge in [0.15, 0.2) is 18.2 Å². The van der Waals surface area contributed by atoms with Crippen molar-refractivity contribution in [3.8, 4) is 5.75 Å². The second kappa shape index (κ2) is 9.41. The summed E-state index contributed by atoms with van der Waals surface area (Å²) in [6.45, 7) is 2.04. The Morgan fingerprint density at radius 3 is 2.54 bits per heavy atom. The van der Waals surface area contributed by atoms with Gasteiger partial charge < -0.3 is 19.9 Å². The van der Waals surface area contributed by atoms with Gasteiger partial charge in [-0.25, -0.2) is 4.39 Å². The van der Waals surface area contributed by atoms with E-state index in [-0.39, 0.29) is 24.8 Å². The molecule has 2 aromatic rings. The number of benzene rings is 2. The number of hydrogen-bond acceptors (Lipinski definition) is 4. The van der Waals surface area contributed by atoms with Crippen LogP contribution in [-0.4, -0.2) is 56.0 Å². The lowest BCUT2D eigenvalue weighted by Gasteiger charge is -2.36. The second-order valence-corrected chi connectivity index (χ2v) is 6.78. The number of hydrogen-bond donors (Lipinski definition) is 1. The lowest BCUT2D eigenvalue weighted by molar-refractivity contribution is -0.133. The summed E-state index contributed by atoms with van der Waals surface area (Å²) in [7, 11) is 0. The van der Waals surface area contributed by atoms with E-state index in [0.29, 0.717) is 31.2 Å². The number of ether oxygens (including phenoxy) is 1. The number of amides is 2. The Bertz CT molecular complexity index is 841. The zero-order valence-corrected chi connectivity index (χ0v) is 16.0. The topological polar surface area (TPSA) is 61.9 Å². The molecule has 1 heterocycles. The van der Waals surface area contributed by atoms with Gasteiger partial charge in [0.25, 0.3) is 5.91 Å². The normalized spacial score (nSPS) is 13.9. The summed E-state index contributed by atoms with van der Waals surface area (Å²) in [5.41, 5.74) is 1.03. The molecule has 28 heavy (non-hydrogen) atoms. The van der Waals surface area contributed by atoms with Gasteiger partial charge in [0.1, 0.15) is 0 Å². The summed E-state index contributed by atoms with van der Waals surface area (Å²) >= 11 is 6.03. The molecule has 1 aliphatic heterocycles. The van der Waals surface area contributed by atoms with Crippen molar-refractivity contribution in [1.29, 1.82) is 0 Å². The van der Waals surface area contributed by atoms with Crippen LogP contribution >= 0.6 is 11.6 Å². The van der Waals surface area contributed by atoms with Crippen LogP contribution in [0.3, 0.4) is 0 Å². The number of nitrogens with one attached hydrogen (secondary N) is 1. The van der Waals surface area contributed by atoms with Crippen LogP contribution < -0.4 is 15.0 Å². The first-order valence-electron chi connectivity index (χ1n) is 8.95. The number of halogens is 2.